The second-order valence-corrected chi connectivity index (χ2v) is 19.9. The fraction of sp³-hybridized carbons (Fsp3) is 0.915. The van der Waals surface area contributed by atoms with E-state index in [1.54, 1.807) is 0 Å². The van der Waals surface area contributed by atoms with Crippen LogP contribution in [-0.2, 0) is 28.6 Å². The van der Waals surface area contributed by atoms with Gasteiger partial charge in [-0.25, -0.2) is 0 Å². The molecule has 384 valence electrons. The molecule has 1 unspecified atom stereocenters. The molecule has 0 saturated heterocycles. The molecule has 1 atom stereocenters. The lowest BCUT2D eigenvalue weighted by atomic mass is 10.0. The molecule has 0 aromatic carbocycles. The van der Waals surface area contributed by atoms with Gasteiger partial charge in [0.15, 0.2) is 6.10 Å². The Balaban J connectivity index is 4.14. The summed E-state index contributed by atoms with van der Waals surface area (Å²) in [6, 6.07) is 0. The van der Waals surface area contributed by atoms with Gasteiger partial charge in [-0.15, -0.1) is 0 Å². The lowest BCUT2D eigenvalue weighted by molar-refractivity contribution is -0.167. The third-order valence-electron chi connectivity index (χ3n) is 13.3. The third-order valence-corrected chi connectivity index (χ3v) is 13.3. The molecule has 6 heteroatoms. The molecule has 0 aliphatic rings. The minimum atomic E-state index is -0.767. The summed E-state index contributed by atoms with van der Waals surface area (Å²) in [4.78, 5) is 38.0. The third kappa shape index (κ3) is 53.0. The van der Waals surface area contributed by atoms with Gasteiger partial charge in [-0.2, -0.15) is 0 Å². The monoisotopic (exact) mass is 917 g/mol. The number of carbonyl (C=O) groups is 3. The summed E-state index contributed by atoms with van der Waals surface area (Å²) in [5.74, 6) is -0.859. The van der Waals surface area contributed by atoms with Crippen LogP contribution in [0.1, 0.15) is 329 Å². The molecule has 0 amide bonds. The van der Waals surface area contributed by atoms with E-state index in [4.69, 9.17) is 14.2 Å². The average molecular weight is 918 g/mol. The molecule has 0 N–H and O–H groups in total. The van der Waals surface area contributed by atoms with E-state index >= 15 is 0 Å². The highest BCUT2D eigenvalue weighted by molar-refractivity contribution is 5.71. The Morgan fingerprint density at radius 2 is 0.508 bits per heavy atom. The van der Waals surface area contributed by atoms with Gasteiger partial charge in [-0.1, -0.05) is 277 Å². The maximum absolute atomic E-state index is 12.8. The molecule has 0 rings (SSSR count). The van der Waals surface area contributed by atoms with Gasteiger partial charge < -0.3 is 14.2 Å². The van der Waals surface area contributed by atoms with Gasteiger partial charge in [0.25, 0.3) is 0 Å². The van der Waals surface area contributed by atoms with E-state index in [0.717, 1.165) is 64.2 Å². The second-order valence-electron chi connectivity index (χ2n) is 19.9. The summed E-state index contributed by atoms with van der Waals surface area (Å²) in [5, 5.41) is 0. The molecule has 0 aliphatic heterocycles. The molecule has 0 aliphatic carbocycles. The topological polar surface area (TPSA) is 78.9 Å². The van der Waals surface area contributed by atoms with Crippen molar-refractivity contribution < 1.29 is 28.6 Å². The van der Waals surface area contributed by atoms with Crippen molar-refractivity contribution in [1.29, 1.82) is 0 Å². The highest BCUT2D eigenvalue weighted by atomic mass is 16.6. The Labute approximate surface area is 405 Å². The molecule has 0 fully saturated rings. The van der Waals surface area contributed by atoms with Crippen LogP contribution in [0, 0.1) is 0 Å². The van der Waals surface area contributed by atoms with Gasteiger partial charge in [0, 0.05) is 19.3 Å². The van der Waals surface area contributed by atoms with Gasteiger partial charge in [-0.3, -0.25) is 14.4 Å². The quantitative estimate of drug-likeness (QED) is 0.0262. The van der Waals surface area contributed by atoms with Crippen LogP contribution in [-0.4, -0.2) is 37.2 Å². The summed E-state index contributed by atoms with van der Waals surface area (Å²) >= 11 is 0. The number of rotatable bonds is 54. The molecule has 6 nitrogen and oxygen atoms in total. The van der Waals surface area contributed by atoms with Crippen LogP contribution >= 0.6 is 0 Å². The second kappa shape index (κ2) is 54.8. The van der Waals surface area contributed by atoms with Crippen molar-refractivity contribution in [2.45, 2.75) is 335 Å². The maximum Gasteiger partial charge on any atom is 0.306 e. The first-order valence-electron chi connectivity index (χ1n) is 29.2. The predicted octanol–water partition coefficient (Wildman–Crippen LogP) is 19.3. The van der Waals surface area contributed by atoms with E-state index in [9.17, 15) is 14.4 Å². The molecule has 0 aromatic heterocycles. The zero-order chi connectivity index (χ0) is 47.2. The van der Waals surface area contributed by atoms with Gasteiger partial charge in [0.1, 0.15) is 13.2 Å². The van der Waals surface area contributed by atoms with Crippen molar-refractivity contribution in [2.24, 2.45) is 0 Å². The molecule has 0 radical (unpaired) electrons. The molecule has 0 aromatic rings. The van der Waals surface area contributed by atoms with Crippen LogP contribution in [0.2, 0.25) is 0 Å². The minimum Gasteiger partial charge on any atom is -0.462 e. The normalized spacial score (nSPS) is 12.0. The van der Waals surface area contributed by atoms with Crippen molar-refractivity contribution in [3.63, 3.8) is 0 Å². The lowest BCUT2D eigenvalue weighted by Gasteiger charge is -2.18. The van der Waals surface area contributed by atoms with Gasteiger partial charge in [0.05, 0.1) is 0 Å². The summed E-state index contributed by atoms with van der Waals surface area (Å²) in [5.41, 5.74) is 0. The van der Waals surface area contributed by atoms with Gasteiger partial charge >= 0.3 is 17.9 Å². The summed E-state index contributed by atoms with van der Waals surface area (Å²) < 4.78 is 16.8. The predicted molar refractivity (Wildman–Crippen MR) is 280 cm³/mol. The number of hydrogen-bond acceptors (Lipinski definition) is 6. The van der Waals surface area contributed by atoms with Gasteiger partial charge in [0.2, 0.25) is 0 Å². The van der Waals surface area contributed by atoms with Crippen molar-refractivity contribution in [3.8, 4) is 0 Å². The van der Waals surface area contributed by atoms with Gasteiger partial charge in [-0.05, 0) is 44.9 Å². The van der Waals surface area contributed by atoms with E-state index in [0.29, 0.717) is 19.3 Å². The fourth-order valence-corrected chi connectivity index (χ4v) is 8.85. The number of unbranched alkanes of at least 4 members (excludes halogenated alkanes) is 41. The molecule has 0 spiro atoms. The Morgan fingerprint density at radius 1 is 0.292 bits per heavy atom. The summed E-state index contributed by atoms with van der Waals surface area (Å²) in [6.45, 7) is 6.65. The Hall–Kier alpha value is -1.85. The first-order chi connectivity index (χ1) is 32.0. The molecular weight excluding hydrogens is 805 g/mol. The molecule has 0 saturated carbocycles. The Bertz CT molecular complexity index is 1010. The average Bonchev–Trinajstić information content (AvgIpc) is 3.30. The molecule has 65 heavy (non-hydrogen) atoms. The number of allylic oxidation sites excluding steroid dienone is 2. The van der Waals surface area contributed by atoms with Crippen LogP contribution in [0.15, 0.2) is 12.2 Å². The first kappa shape index (κ1) is 63.1. The Kier molecular flexibility index (Phi) is 53.2. The largest absolute Gasteiger partial charge is 0.462 e. The number of carbonyl (C=O) groups excluding carboxylic acids is 3. The van der Waals surface area contributed by atoms with E-state index in [-0.39, 0.29) is 31.1 Å². The van der Waals surface area contributed by atoms with Crippen LogP contribution < -0.4 is 0 Å². The zero-order valence-electron chi connectivity index (χ0n) is 44.0. The Morgan fingerprint density at radius 3 is 0.769 bits per heavy atom. The highest BCUT2D eigenvalue weighted by Crippen LogP contribution is 2.17. The smallest absolute Gasteiger partial charge is 0.306 e. The van der Waals surface area contributed by atoms with Crippen LogP contribution in [0.5, 0.6) is 0 Å². The maximum atomic E-state index is 12.8. The molecule has 0 heterocycles. The lowest BCUT2D eigenvalue weighted by Crippen LogP contribution is -2.30. The number of esters is 3. The minimum absolute atomic E-state index is 0.0680. The summed E-state index contributed by atoms with van der Waals surface area (Å²) in [7, 11) is 0. The van der Waals surface area contributed by atoms with Crippen molar-refractivity contribution in [3.05, 3.63) is 12.2 Å². The highest BCUT2D eigenvalue weighted by Gasteiger charge is 2.19. The van der Waals surface area contributed by atoms with E-state index in [1.165, 1.54) is 225 Å². The standard InChI is InChI=1S/C59H112O6/c1-4-7-10-13-16-19-21-23-25-27-28-29-30-31-32-33-35-36-38-40-43-46-49-52-58(61)64-55-56(54-63-57(60)51-48-45-42-18-15-12-9-6-3)65-59(62)53-50-47-44-41-39-37-34-26-24-22-20-17-14-11-8-5-2/h26,34,56H,4-25,27-33,35-55H2,1-3H3/b34-26-. The van der Waals surface area contributed by atoms with Crippen LogP contribution in [0.25, 0.3) is 0 Å². The molecular formula is C59H112O6. The SMILES string of the molecule is CCCCCCCCC/C=C\CCCCCCCC(=O)OC(COC(=O)CCCCCCCCCC)COC(=O)CCCCCCCCCCCCCCCCCCCCCCCCC. The van der Waals surface area contributed by atoms with Crippen molar-refractivity contribution >= 4 is 17.9 Å². The zero-order valence-corrected chi connectivity index (χ0v) is 44.0. The van der Waals surface area contributed by atoms with Crippen LogP contribution in [0.3, 0.4) is 0 Å². The fourth-order valence-electron chi connectivity index (χ4n) is 8.85. The molecule has 0 bridgehead atoms. The summed E-state index contributed by atoms with van der Waals surface area (Å²) in [6.07, 6.45) is 62.3. The number of hydrogen-bond donors (Lipinski definition) is 0. The van der Waals surface area contributed by atoms with E-state index in [1.807, 2.05) is 0 Å². The van der Waals surface area contributed by atoms with E-state index < -0.39 is 6.10 Å². The van der Waals surface area contributed by atoms with Crippen molar-refractivity contribution in [1.82, 2.24) is 0 Å². The number of ether oxygens (including phenoxy) is 3. The van der Waals surface area contributed by atoms with Crippen LogP contribution in [0.4, 0.5) is 0 Å². The van der Waals surface area contributed by atoms with Crippen molar-refractivity contribution in [2.75, 3.05) is 13.2 Å². The van der Waals surface area contributed by atoms with E-state index in [2.05, 4.69) is 32.9 Å². The first-order valence-corrected chi connectivity index (χ1v) is 29.2.